The van der Waals surface area contributed by atoms with E-state index in [0.717, 1.165) is 48.3 Å². The molecule has 0 aromatic heterocycles. The van der Waals surface area contributed by atoms with Crippen LogP contribution in [0.2, 0.25) is 0 Å². The van der Waals surface area contributed by atoms with Crippen molar-refractivity contribution in [2.75, 3.05) is 26.8 Å². The van der Waals surface area contributed by atoms with Gasteiger partial charge in [0.1, 0.15) is 5.75 Å². The van der Waals surface area contributed by atoms with Crippen molar-refractivity contribution in [2.24, 2.45) is 0 Å². The van der Waals surface area contributed by atoms with E-state index in [2.05, 4.69) is 20.8 Å². The van der Waals surface area contributed by atoms with Gasteiger partial charge in [0.2, 0.25) is 6.43 Å². The third-order valence-corrected chi connectivity index (χ3v) is 4.60. The quantitative estimate of drug-likeness (QED) is 0.609. The van der Waals surface area contributed by atoms with Crippen LogP contribution < -0.4 is 4.74 Å². The van der Waals surface area contributed by atoms with Crippen LogP contribution in [0.3, 0.4) is 0 Å². The smallest absolute Gasteiger partial charge is 0.238 e. The topological polar surface area (TPSA) is 21.7 Å². The highest BCUT2D eigenvalue weighted by molar-refractivity contribution is 9.10. The lowest BCUT2D eigenvalue weighted by Gasteiger charge is -2.31. The van der Waals surface area contributed by atoms with Crippen molar-refractivity contribution in [1.82, 2.24) is 4.90 Å². The molecule has 1 saturated heterocycles. The van der Waals surface area contributed by atoms with E-state index in [0.29, 0.717) is 19.1 Å². The number of rotatable bonds is 8. The summed E-state index contributed by atoms with van der Waals surface area (Å²) in [5.41, 5.74) is 1.09. The van der Waals surface area contributed by atoms with Gasteiger partial charge in [0.15, 0.2) is 0 Å². The molecule has 1 aliphatic rings. The minimum atomic E-state index is -2.26. The van der Waals surface area contributed by atoms with E-state index < -0.39 is 6.43 Å². The summed E-state index contributed by atoms with van der Waals surface area (Å²) < 4.78 is 36.5. The predicted octanol–water partition coefficient (Wildman–Crippen LogP) is 4.48. The second-order valence-corrected chi connectivity index (χ2v) is 6.76. The first-order valence-electron chi connectivity index (χ1n) is 8.03. The lowest BCUT2D eigenvalue weighted by atomic mass is 10.1. The minimum Gasteiger partial charge on any atom is -0.493 e. The number of nitrogens with zero attached hydrogens (tertiary/aromatic N) is 1. The van der Waals surface area contributed by atoms with Gasteiger partial charge in [0.05, 0.1) is 12.7 Å². The Balaban J connectivity index is 1.90. The van der Waals surface area contributed by atoms with Gasteiger partial charge in [-0.2, -0.15) is 0 Å². The van der Waals surface area contributed by atoms with Crippen molar-refractivity contribution in [3.8, 4) is 5.75 Å². The van der Waals surface area contributed by atoms with Crippen LogP contribution in [0.25, 0.3) is 0 Å². The molecule has 1 aromatic carbocycles. The Morgan fingerprint density at radius 1 is 1.30 bits per heavy atom. The highest BCUT2D eigenvalue weighted by atomic mass is 79.9. The number of piperidine rings is 1. The zero-order chi connectivity index (χ0) is 16.7. The second kappa shape index (κ2) is 9.55. The number of hydrogen-bond donors (Lipinski definition) is 0. The number of benzene rings is 1. The number of alkyl halides is 2. The Kier molecular flexibility index (Phi) is 7.73. The Bertz CT molecular complexity index is 480. The molecule has 0 unspecified atom stereocenters. The van der Waals surface area contributed by atoms with Crippen LogP contribution in [-0.4, -0.2) is 44.2 Å². The third kappa shape index (κ3) is 6.36. The Labute approximate surface area is 145 Å². The molecule has 0 spiro atoms. The maximum absolute atomic E-state index is 12.2. The van der Waals surface area contributed by atoms with Gasteiger partial charge in [-0.3, -0.25) is 4.90 Å². The second-order valence-electron chi connectivity index (χ2n) is 5.85. The highest BCUT2D eigenvalue weighted by Gasteiger charge is 2.19. The van der Waals surface area contributed by atoms with Crippen molar-refractivity contribution < 1.29 is 18.3 Å². The van der Waals surface area contributed by atoms with E-state index in [4.69, 9.17) is 9.47 Å². The lowest BCUT2D eigenvalue weighted by Crippen LogP contribution is -2.36. The standard InChI is InChI=1S/C17H24BrF2NO2/c1-22-15-6-8-21(9-7-15)12-13-11-14(18)4-5-16(13)23-10-2-3-17(19)20/h4-5,11,15,17H,2-3,6-10,12H2,1H3. The number of hydrogen-bond acceptors (Lipinski definition) is 3. The maximum atomic E-state index is 12.2. The van der Waals surface area contributed by atoms with E-state index in [1.54, 1.807) is 7.11 Å². The van der Waals surface area contributed by atoms with Gasteiger partial charge in [0, 0.05) is 43.2 Å². The zero-order valence-electron chi connectivity index (χ0n) is 13.4. The lowest BCUT2D eigenvalue weighted by molar-refractivity contribution is 0.0386. The van der Waals surface area contributed by atoms with Crippen molar-refractivity contribution in [2.45, 2.75) is 44.8 Å². The van der Waals surface area contributed by atoms with Crippen LogP contribution >= 0.6 is 15.9 Å². The van der Waals surface area contributed by atoms with Gasteiger partial charge >= 0.3 is 0 Å². The van der Waals surface area contributed by atoms with Crippen LogP contribution in [0.4, 0.5) is 8.78 Å². The first-order chi connectivity index (χ1) is 11.1. The van der Waals surface area contributed by atoms with Crippen molar-refractivity contribution in [3.05, 3.63) is 28.2 Å². The Hall–Kier alpha value is -0.720. The highest BCUT2D eigenvalue weighted by Crippen LogP contribution is 2.26. The fourth-order valence-corrected chi connectivity index (χ4v) is 3.18. The summed E-state index contributed by atoms with van der Waals surface area (Å²) in [6, 6.07) is 5.87. The Morgan fingerprint density at radius 3 is 2.70 bits per heavy atom. The van der Waals surface area contributed by atoms with E-state index in [9.17, 15) is 8.78 Å². The monoisotopic (exact) mass is 391 g/mol. The molecule has 23 heavy (non-hydrogen) atoms. The van der Waals surface area contributed by atoms with Gasteiger partial charge in [-0.25, -0.2) is 8.78 Å². The molecular formula is C17H24BrF2NO2. The molecule has 0 atom stereocenters. The molecule has 0 aliphatic carbocycles. The van der Waals surface area contributed by atoms with Crippen LogP contribution in [0.15, 0.2) is 22.7 Å². The summed E-state index contributed by atoms with van der Waals surface area (Å²) in [4.78, 5) is 2.38. The molecule has 1 heterocycles. The largest absolute Gasteiger partial charge is 0.493 e. The van der Waals surface area contributed by atoms with E-state index in [1.807, 2.05) is 18.2 Å². The fraction of sp³-hybridized carbons (Fsp3) is 0.647. The predicted molar refractivity (Wildman–Crippen MR) is 90.2 cm³/mol. The van der Waals surface area contributed by atoms with Crippen molar-refractivity contribution >= 4 is 15.9 Å². The molecule has 1 aliphatic heterocycles. The van der Waals surface area contributed by atoms with Gasteiger partial charge < -0.3 is 9.47 Å². The number of likely N-dealkylation sites (tertiary alicyclic amines) is 1. The number of methoxy groups -OCH3 is 1. The molecule has 0 N–H and O–H groups in total. The van der Waals surface area contributed by atoms with E-state index in [1.165, 1.54) is 0 Å². The molecule has 1 fully saturated rings. The molecule has 130 valence electrons. The first kappa shape index (κ1) is 18.6. The summed E-state index contributed by atoms with van der Waals surface area (Å²) in [5, 5.41) is 0. The minimum absolute atomic E-state index is 0.115. The fourth-order valence-electron chi connectivity index (χ4n) is 2.78. The van der Waals surface area contributed by atoms with Crippen molar-refractivity contribution in [3.63, 3.8) is 0 Å². The maximum Gasteiger partial charge on any atom is 0.238 e. The average molecular weight is 392 g/mol. The van der Waals surface area contributed by atoms with Crippen LogP contribution in [0.1, 0.15) is 31.2 Å². The summed E-state index contributed by atoms with van der Waals surface area (Å²) in [5.74, 6) is 0.788. The molecule has 0 amide bonds. The summed E-state index contributed by atoms with van der Waals surface area (Å²) in [6.45, 7) is 3.12. The van der Waals surface area contributed by atoms with Gasteiger partial charge in [0.25, 0.3) is 0 Å². The van der Waals surface area contributed by atoms with Gasteiger partial charge in [-0.15, -0.1) is 0 Å². The van der Waals surface area contributed by atoms with E-state index >= 15 is 0 Å². The van der Waals surface area contributed by atoms with Crippen LogP contribution in [-0.2, 0) is 11.3 Å². The summed E-state index contributed by atoms with van der Waals surface area (Å²) in [7, 11) is 1.76. The van der Waals surface area contributed by atoms with Crippen LogP contribution in [0, 0.1) is 0 Å². The van der Waals surface area contributed by atoms with Crippen LogP contribution in [0.5, 0.6) is 5.75 Å². The molecular weight excluding hydrogens is 368 g/mol. The van der Waals surface area contributed by atoms with Gasteiger partial charge in [-0.1, -0.05) is 15.9 Å². The van der Waals surface area contributed by atoms with Crippen molar-refractivity contribution in [1.29, 1.82) is 0 Å². The zero-order valence-corrected chi connectivity index (χ0v) is 15.0. The van der Waals surface area contributed by atoms with Gasteiger partial charge in [-0.05, 0) is 37.5 Å². The summed E-state index contributed by atoms with van der Waals surface area (Å²) in [6.07, 6.45) is 0.427. The molecule has 6 heteroatoms. The molecule has 1 aromatic rings. The SMILES string of the molecule is COC1CCN(Cc2cc(Br)ccc2OCCCC(F)F)CC1. The normalized spacial score (nSPS) is 16.9. The number of halogens is 3. The Morgan fingerprint density at radius 2 is 2.04 bits per heavy atom. The number of ether oxygens (including phenoxy) is 2. The molecule has 3 nitrogen and oxygen atoms in total. The molecule has 0 bridgehead atoms. The third-order valence-electron chi connectivity index (χ3n) is 4.11. The first-order valence-corrected chi connectivity index (χ1v) is 8.82. The summed E-state index contributed by atoms with van der Waals surface area (Å²) >= 11 is 3.49. The molecule has 0 radical (unpaired) electrons. The average Bonchev–Trinajstić information content (AvgIpc) is 2.54. The van der Waals surface area contributed by atoms with E-state index in [-0.39, 0.29) is 6.42 Å². The molecule has 0 saturated carbocycles. The molecule has 2 rings (SSSR count).